The third-order valence-corrected chi connectivity index (χ3v) is 3.05. The van der Waals surface area contributed by atoms with Crippen molar-refractivity contribution in [3.05, 3.63) is 29.3 Å². The maximum absolute atomic E-state index is 12.1. The van der Waals surface area contributed by atoms with Gasteiger partial charge in [0.15, 0.2) is 6.10 Å². The van der Waals surface area contributed by atoms with E-state index in [4.69, 9.17) is 21.1 Å². The molecule has 1 aromatic carbocycles. The van der Waals surface area contributed by atoms with Crippen molar-refractivity contribution in [3.8, 4) is 5.75 Å². The van der Waals surface area contributed by atoms with E-state index in [9.17, 15) is 4.79 Å². The first-order valence-corrected chi connectivity index (χ1v) is 6.33. The third kappa shape index (κ3) is 3.37. The Balaban J connectivity index is 1.92. The van der Waals surface area contributed by atoms with Crippen LogP contribution in [0.5, 0.6) is 5.75 Å². The zero-order chi connectivity index (χ0) is 13.0. The van der Waals surface area contributed by atoms with Gasteiger partial charge in [-0.15, -0.1) is 0 Å². The first-order chi connectivity index (χ1) is 8.66. The summed E-state index contributed by atoms with van der Waals surface area (Å²) in [5, 5.41) is 0.648. The van der Waals surface area contributed by atoms with E-state index in [1.165, 1.54) is 0 Å². The smallest absolute Gasteiger partial charge is 0.263 e. The predicted octanol–water partition coefficient (Wildman–Crippen LogP) is 1.97. The lowest BCUT2D eigenvalue weighted by atomic mass is 10.3. The van der Waals surface area contributed by atoms with Crippen LogP contribution < -0.4 is 4.74 Å². The van der Waals surface area contributed by atoms with Gasteiger partial charge in [-0.2, -0.15) is 0 Å². The summed E-state index contributed by atoms with van der Waals surface area (Å²) in [4.78, 5) is 13.9. The molecule has 0 aromatic heterocycles. The van der Waals surface area contributed by atoms with Gasteiger partial charge in [0, 0.05) is 18.1 Å². The van der Waals surface area contributed by atoms with Gasteiger partial charge in [0.05, 0.1) is 13.2 Å². The van der Waals surface area contributed by atoms with Gasteiger partial charge in [-0.3, -0.25) is 4.79 Å². The molecule has 5 heteroatoms. The molecule has 0 radical (unpaired) electrons. The Labute approximate surface area is 111 Å². The van der Waals surface area contributed by atoms with Crippen molar-refractivity contribution in [3.63, 3.8) is 0 Å². The molecule has 2 rings (SSSR count). The molecule has 98 valence electrons. The van der Waals surface area contributed by atoms with Gasteiger partial charge >= 0.3 is 0 Å². The van der Waals surface area contributed by atoms with Crippen LogP contribution in [0.15, 0.2) is 24.3 Å². The zero-order valence-corrected chi connectivity index (χ0v) is 11.0. The number of ether oxygens (including phenoxy) is 2. The molecule has 0 aliphatic carbocycles. The normalized spacial score (nSPS) is 17.3. The highest BCUT2D eigenvalue weighted by atomic mass is 35.5. The minimum absolute atomic E-state index is 0.00625. The molecule has 4 nitrogen and oxygen atoms in total. The largest absolute Gasteiger partial charge is 0.481 e. The summed E-state index contributed by atoms with van der Waals surface area (Å²) in [5.41, 5.74) is 0. The van der Waals surface area contributed by atoms with Crippen LogP contribution in [0.3, 0.4) is 0 Å². The van der Waals surface area contributed by atoms with Gasteiger partial charge < -0.3 is 14.4 Å². The number of benzene rings is 1. The number of hydrogen-bond donors (Lipinski definition) is 0. The summed E-state index contributed by atoms with van der Waals surface area (Å²) < 4.78 is 10.8. The fraction of sp³-hybridized carbons (Fsp3) is 0.462. The molecule has 0 bridgehead atoms. The summed E-state index contributed by atoms with van der Waals surface area (Å²) in [6.07, 6.45) is -0.496. The second-order valence-corrected chi connectivity index (χ2v) is 4.59. The van der Waals surface area contributed by atoms with Crippen LogP contribution in [0.1, 0.15) is 6.92 Å². The van der Waals surface area contributed by atoms with Crippen molar-refractivity contribution < 1.29 is 14.3 Å². The minimum atomic E-state index is -0.496. The van der Waals surface area contributed by atoms with Crippen LogP contribution in [0.25, 0.3) is 0 Å². The quantitative estimate of drug-likeness (QED) is 0.842. The van der Waals surface area contributed by atoms with Crippen LogP contribution >= 0.6 is 11.6 Å². The number of rotatable bonds is 3. The van der Waals surface area contributed by atoms with Crippen molar-refractivity contribution in [1.82, 2.24) is 4.90 Å². The van der Waals surface area contributed by atoms with E-state index in [2.05, 4.69) is 0 Å². The number of carbonyl (C=O) groups is 1. The van der Waals surface area contributed by atoms with Crippen LogP contribution in [0.4, 0.5) is 0 Å². The highest BCUT2D eigenvalue weighted by Gasteiger charge is 2.23. The summed E-state index contributed by atoms with van der Waals surface area (Å²) in [6, 6.07) is 6.99. The number of nitrogens with zero attached hydrogens (tertiary/aromatic N) is 1. The Morgan fingerprint density at radius 1 is 1.33 bits per heavy atom. The third-order valence-electron chi connectivity index (χ3n) is 2.80. The van der Waals surface area contributed by atoms with E-state index >= 15 is 0 Å². The lowest BCUT2D eigenvalue weighted by molar-refractivity contribution is -0.142. The van der Waals surface area contributed by atoms with E-state index in [0.29, 0.717) is 37.1 Å². The summed E-state index contributed by atoms with van der Waals surface area (Å²) in [5.74, 6) is 0.641. The highest BCUT2D eigenvalue weighted by Crippen LogP contribution is 2.17. The first-order valence-electron chi connectivity index (χ1n) is 5.95. The summed E-state index contributed by atoms with van der Waals surface area (Å²) in [7, 11) is 0. The van der Waals surface area contributed by atoms with Crippen molar-refractivity contribution in [2.75, 3.05) is 26.3 Å². The van der Waals surface area contributed by atoms with Gasteiger partial charge in [0.2, 0.25) is 0 Å². The molecular weight excluding hydrogens is 254 g/mol. The van der Waals surface area contributed by atoms with Crippen LogP contribution in [-0.2, 0) is 9.53 Å². The van der Waals surface area contributed by atoms with Crippen molar-refractivity contribution in [2.45, 2.75) is 13.0 Å². The van der Waals surface area contributed by atoms with Gasteiger partial charge in [-0.05, 0) is 31.2 Å². The molecule has 0 saturated carbocycles. The number of carbonyl (C=O) groups excluding carboxylic acids is 1. The average Bonchev–Trinajstić information content (AvgIpc) is 2.41. The van der Waals surface area contributed by atoms with Crippen molar-refractivity contribution >= 4 is 17.5 Å². The Bertz CT molecular complexity index is 401. The molecule has 1 fully saturated rings. The fourth-order valence-electron chi connectivity index (χ4n) is 1.81. The van der Waals surface area contributed by atoms with E-state index in [1.807, 2.05) is 0 Å². The van der Waals surface area contributed by atoms with E-state index < -0.39 is 6.10 Å². The standard InChI is InChI=1S/C13H16ClNO3/c1-10(13(16)15-6-8-17-9-7-15)18-12-4-2-11(14)3-5-12/h2-5,10H,6-9H2,1H3. The average molecular weight is 270 g/mol. The molecule has 0 spiro atoms. The molecule has 0 N–H and O–H groups in total. The predicted molar refractivity (Wildman–Crippen MR) is 68.9 cm³/mol. The van der Waals surface area contributed by atoms with Gasteiger partial charge in [-0.1, -0.05) is 11.6 Å². The molecular formula is C13H16ClNO3. The molecule has 1 atom stereocenters. The van der Waals surface area contributed by atoms with Crippen molar-refractivity contribution in [1.29, 1.82) is 0 Å². The highest BCUT2D eigenvalue weighted by molar-refractivity contribution is 6.30. The topological polar surface area (TPSA) is 38.8 Å². The molecule has 1 unspecified atom stereocenters. The van der Waals surface area contributed by atoms with Gasteiger partial charge in [0.25, 0.3) is 5.91 Å². The number of morpholine rings is 1. The van der Waals surface area contributed by atoms with Crippen LogP contribution in [0, 0.1) is 0 Å². The van der Waals surface area contributed by atoms with Gasteiger partial charge in [0.1, 0.15) is 5.75 Å². The van der Waals surface area contributed by atoms with Crippen molar-refractivity contribution in [2.24, 2.45) is 0 Å². The Hall–Kier alpha value is -1.26. The molecule has 1 amide bonds. The Morgan fingerprint density at radius 2 is 1.94 bits per heavy atom. The zero-order valence-electron chi connectivity index (χ0n) is 10.3. The number of hydrogen-bond acceptors (Lipinski definition) is 3. The minimum Gasteiger partial charge on any atom is -0.481 e. The second-order valence-electron chi connectivity index (χ2n) is 4.15. The molecule has 1 saturated heterocycles. The monoisotopic (exact) mass is 269 g/mol. The van der Waals surface area contributed by atoms with E-state index in [0.717, 1.165) is 0 Å². The number of halogens is 1. The summed E-state index contributed by atoms with van der Waals surface area (Å²) >= 11 is 5.79. The Kier molecular flexibility index (Phi) is 4.44. The number of amides is 1. The lowest BCUT2D eigenvalue weighted by Crippen LogP contribution is -2.46. The SMILES string of the molecule is CC(Oc1ccc(Cl)cc1)C(=O)N1CCOCC1. The van der Waals surface area contributed by atoms with Crippen LogP contribution in [0.2, 0.25) is 5.02 Å². The molecule has 1 aliphatic rings. The maximum Gasteiger partial charge on any atom is 0.263 e. The Morgan fingerprint density at radius 3 is 2.56 bits per heavy atom. The lowest BCUT2D eigenvalue weighted by Gasteiger charge is -2.29. The summed E-state index contributed by atoms with van der Waals surface area (Å²) in [6.45, 7) is 4.21. The van der Waals surface area contributed by atoms with E-state index in [-0.39, 0.29) is 5.91 Å². The first kappa shape index (κ1) is 13.2. The molecule has 1 aromatic rings. The molecule has 18 heavy (non-hydrogen) atoms. The molecule has 1 aliphatic heterocycles. The van der Waals surface area contributed by atoms with Gasteiger partial charge in [-0.25, -0.2) is 0 Å². The van der Waals surface area contributed by atoms with E-state index in [1.54, 1.807) is 36.1 Å². The second kappa shape index (κ2) is 6.07. The molecule has 1 heterocycles. The fourth-order valence-corrected chi connectivity index (χ4v) is 1.93. The van der Waals surface area contributed by atoms with Crippen LogP contribution in [-0.4, -0.2) is 43.2 Å². The maximum atomic E-state index is 12.1.